The number of pyridine rings is 1. The number of hydrogen-bond donors (Lipinski definition) is 2. The molecule has 3 N–H and O–H groups in total. The van der Waals surface area contributed by atoms with E-state index in [1.165, 1.54) is 10.9 Å². The Morgan fingerprint density at radius 2 is 2.22 bits per heavy atom. The molecular weight excluding hydrogens is 237 g/mol. The van der Waals surface area contributed by atoms with Gasteiger partial charge in [0.25, 0.3) is 5.91 Å². The van der Waals surface area contributed by atoms with E-state index in [-0.39, 0.29) is 5.56 Å². The lowest BCUT2D eigenvalue weighted by molar-refractivity contribution is 0.102. The number of carbonyl (C=O) groups is 1. The smallest absolute Gasteiger partial charge is 0.258 e. The normalized spacial score (nSPS) is 10.4. The Kier molecular flexibility index (Phi) is 2.97. The van der Waals surface area contributed by atoms with E-state index in [9.17, 15) is 9.18 Å². The van der Waals surface area contributed by atoms with Crippen molar-refractivity contribution in [3.63, 3.8) is 0 Å². The Labute approximate surface area is 103 Å². The molecule has 18 heavy (non-hydrogen) atoms. The highest BCUT2D eigenvalue weighted by atomic mass is 19.1. The van der Waals surface area contributed by atoms with Crippen LogP contribution in [0, 0.1) is 12.7 Å². The van der Waals surface area contributed by atoms with Gasteiger partial charge in [0.05, 0.1) is 23.1 Å². The number of amides is 1. The minimum Gasteiger partial charge on any atom is -0.394 e. The Hall–Kier alpha value is -2.44. The van der Waals surface area contributed by atoms with Crippen LogP contribution >= 0.6 is 0 Å². The molecule has 0 unspecified atom stereocenters. The first-order valence-electron chi connectivity index (χ1n) is 5.20. The number of halogens is 1. The second kappa shape index (κ2) is 4.44. The van der Waals surface area contributed by atoms with E-state index in [0.29, 0.717) is 17.2 Å². The predicted molar refractivity (Wildman–Crippen MR) is 64.5 cm³/mol. The van der Waals surface area contributed by atoms with Gasteiger partial charge in [0.15, 0.2) is 5.82 Å². The average molecular weight is 249 g/mol. The van der Waals surface area contributed by atoms with Crippen molar-refractivity contribution in [1.82, 2.24) is 14.8 Å². The molecular formula is C11H12FN5O. The van der Waals surface area contributed by atoms with Crippen LogP contribution in [0.3, 0.4) is 0 Å². The summed E-state index contributed by atoms with van der Waals surface area (Å²) >= 11 is 0. The van der Waals surface area contributed by atoms with Crippen molar-refractivity contribution in [3.8, 4) is 0 Å². The third kappa shape index (κ3) is 2.15. The van der Waals surface area contributed by atoms with Crippen molar-refractivity contribution < 1.29 is 9.18 Å². The molecule has 0 radical (unpaired) electrons. The lowest BCUT2D eigenvalue weighted by atomic mass is 10.2. The number of carbonyl (C=O) groups excluding carboxylic acids is 1. The lowest BCUT2D eigenvalue weighted by Gasteiger charge is -2.06. The molecule has 0 fully saturated rings. The number of hydrogen-bond acceptors (Lipinski definition) is 4. The van der Waals surface area contributed by atoms with Crippen LogP contribution < -0.4 is 11.1 Å². The van der Waals surface area contributed by atoms with Gasteiger partial charge in [-0.25, -0.2) is 4.39 Å². The van der Waals surface area contributed by atoms with Crippen molar-refractivity contribution in [2.75, 3.05) is 11.1 Å². The monoisotopic (exact) mass is 249 g/mol. The zero-order valence-corrected chi connectivity index (χ0v) is 9.94. The molecule has 2 aromatic rings. The molecule has 6 nitrogen and oxygen atoms in total. The van der Waals surface area contributed by atoms with Gasteiger partial charge >= 0.3 is 0 Å². The van der Waals surface area contributed by atoms with E-state index in [0.717, 1.165) is 12.3 Å². The number of rotatable bonds is 2. The Morgan fingerprint density at radius 1 is 1.50 bits per heavy atom. The van der Waals surface area contributed by atoms with Crippen LogP contribution in [0.1, 0.15) is 16.1 Å². The standard InChI is InChI=1S/C11H12FN5O/c1-6-9(13)10(17(2)16-6)15-11(18)7-3-8(12)5-14-4-7/h3-5H,13H2,1-2H3,(H,15,18). The van der Waals surface area contributed by atoms with Crippen LogP contribution in [0.2, 0.25) is 0 Å². The summed E-state index contributed by atoms with van der Waals surface area (Å²) < 4.78 is 14.4. The average Bonchev–Trinajstić information content (AvgIpc) is 2.56. The Balaban J connectivity index is 2.27. The maximum Gasteiger partial charge on any atom is 0.258 e. The summed E-state index contributed by atoms with van der Waals surface area (Å²) in [4.78, 5) is 15.5. The summed E-state index contributed by atoms with van der Waals surface area (Å²) in [6.07, 6.45) is 2.30. The maximum absolute atomic E-state index is 12.9. The number of anilines is 2. The topological polar surface area (TPSA) is 85.8 Å². The summed E-state index contributed by atoms with van der Waals surface area (Å²) in [5.74, 6) is -0.685. The molecule has 0 bridgehead atoms. The van der Waals surface area contributed by atoms with Crippen molar-refractivity contribution in [2.45, 2.75) is 6.92 Å². The molecule has 0 aliphatic carbocycles. The number of nitrogen functional groups attached to an aromatic ring is 1. The van der Waals surface area contributed by atoms with E-state index < -0.39 is 11.7 Å². The van der Waals surface area contributed by atoms with Crippen LogP contribution in [0.5, 0.6) is 0 Å². The van der Waals surface area contributed by atoms with Crippen molar-refractivity contribution in [3.05, 3.63) is 35.5 Å². The maximum atomic E-state index is 12.9. The van der Waals surface area contributed by atoms with Crippen LogP contribution in [-0.4, -0.2) is 20.7 Å². The largest absolute Gasteiger partial charge is 0.394 e. The minimum atomic E-state index is -0.572. The fourth-order valence-electron chi connectivity index (χ4n) is 1.54. The number of aryl methyl sites for hydroxylation is 2. The molecule has 0 atom stereocenters. The highest BCUT2D eigenvalue weighted by Crippen LogP contribution is 2.21. The fraction of sp³-hybridized carbons (Fsp3) is 0.182. The van der Waals surface area contributed by atoms with Gasteiger partial charge in [-0.1, -0.05) is 0 Å². The van der Waals surface area contributed by atoms with Crippen molar-refractivity contribution in [2.24, 2.45) is 7.05 Å². The van der Waals surface area contributed by atoms with E-state index >= 15 is 0 Å². The lowest BCUT2D eigenvalue weighted by Crippen LogP contribution is -2.16. The number of aromatic nitrogens is 3. The molecule has 1 amide bonds. The second-order valence-electron chi connectivity index (χ2n) is 3.82. The SMILES string of the molecule is Cc1nn(C)c(NC(=O)c2cncc(F)c2)c1N. The second-order valence-corrected chi connectivity index (χ2v) is 3.82. The molecule has 94 valence electrons. The van der Waals surface area contributed by atoms with Crippen molar-refractivity contribution in [1.29, 1.82) is 0 Å². The molecule has 0 saturated carbocycles. The third-order valence-corrected chi connectivity index (χ3v) is 2.47. The van der Waals surface area contributed by atoms with Crippen LogP contribution in [0.25, 0.3) is 0 Å². The van der Waals surface area contributed by atoms with Crippen LogP contribution in [-0.2, 0) is 7.05 Å². The summed E-state index contributed by atoms with van der Waals surface area (Å²) in [5, 5.41) is 6.63. The predicted octanol–water partition coefficient (Wildman–Crippen LogP) is 1.10. The zero-order valence-electron chi connectivity index (χ0n) is 9.94. The van der Waals surface area contributed by atoms with Crippen LogP contribution in [0.4, 0.5) is 15.9 Å². The minimum absolute atomic E-state index is 0.119. The van der Waals surface area contributed by atoms with Gasteiger partial charge in [-0.2, -0.15) is 5.10 Å². The van der Waals surface area contributed by atoms with E-state index in [2.05, 4.69) is 15.4 Å². The van der Waals surface area contributed by atoms with E-state index in [1.807, 2.05) is 0 Å². The molecule has 2 heterocycles. The Morgan fingerprint density at radius 3 is 2.78 bits per heavy atom. The van der Waals surface area contributed by atoms with Gasteiger partial charge in [-0.3, -0.25) is 14.5 Å². The van der Waals surface area contributed by atoms with Crippen molar-refractivity contribution >= 4 is 17.4 Å². The van der Waals surface area contributed by atoms with E-state index in [1.54, 1.807) is 14.0 Å². The quantitative estimate of drug-likeness (QED) is 0.834. The Bertz CT molecular complexity index is 607. The zero-order chi connectivity index (χ0) is 13.3. The highest BCUT2D eigenvalue weighted by molar-refractivity contribution is 6.05. The first kappa shape index (κ1) is 12.0. The van der Waals surface area contributed by atoms with Crippen LogP contribution in [0.15, 0.2) is 18.5 Å². The van der Waals surface area contributed by atoms with Gasteiger partial charge in [-0.15, -0.1) is 0 Å². The third-order valence-electron chi connectivity index (χ3n) is 2.47. The van der Waals surface area contributed by atoms with E-state index in [4.69, 9.17) is 5.73 Å². The number of nitrogens with one attached hydrogen (secondary N) is 1. The van der Waals surface area contributed by atoms with Gasteiger partial charge in [0.2, 0.25) is 0 Å². The molecule has 0 saturated heterocycles. The number of nitrogens with two attached hydrogens (primary N) is 1. The molecule has 0 aliphatic heterocycles. The molecule has 7 heteroatoms. The van der Waals surface area contributed by atoms with Gasteiger partial charge in [0, 0.05) is 13.2 Å². The highest BCUT2D eigenvalue weighted by Gasteiger charge is 2.14. The summed E-state index contributed by atoms with van der Waals surface area (Å²) in [7, 11) is 1.66. The number of nitrogens with zero attached hydrogens (tertiary/aromatic N) is 3. The first-order valence-corrected chi connectivity index (χ1v) is 5.20. The molecule has 0 aromatic carbocycles. The molecule has 2 rings (SSSR count). The van der Waals surface area contributed by atoms with Gasteiger partial charge < -0.3 is 11.1 Å². The molecule has 0 spiro atoms. The molecule has 2 aromatic heterocycles. The summed E-state index contributed by atoms with van der Waals surface area (Å²) in [6, 6.07) is 1.10. The molecule has 0 aliphatic rings. The summed E-state index contributed by atoms with van der Waals surface area (Å²) in [6.45, 7) is 1.73. The fourth-order valence-corrected chi connectivity index (χ4v) is 1.54. The summed E-state index contributed by atoms with van der Waals surface area (Å²) in [5.41, 5.74) is 6.89. The van der Waals surface area contributed by atoms with Gasteiger partial charge in [0.1, 0.15) is 5.82 Å². The first-order chi connectivity index (χ1) is 8.49. The van der Waals surface area contributed by atoms with Gasteiger partial charge in [-0.05, 0) is 13.0 Å².